The number of benzene rings is 2. The monoisotopic (exact) mass is 467 g/mol. The van der Waals surface area contributed by atoms with Crippen molar-refractivity contribution in [2.45, 2.75) is 20.8 Å². The molecule has 4 rings (SSSR count). The summed E-state index contributed by atoms with van der Waals surface area (Å²) in [7, 11) is 0. The van der Waals surface area contributed by atoms with Gasteiger partial charge in [0.05, 0.1) is 13.2 Å². The zero-order valence-electron chi connectivity index (χ0n) is 19.6. The van der Waals surface area contributed by atoms with Gasteiger partial charge in [-0.05, 0) is 57.2 Å². The number of nitrogens with zero attached hydrogens (tertiary/aromatic N) is 2. The predicted molar refractivity (Wildman–Crippen MR) is 129 cm³/mol. The molecule has 34 heavy (non-hydrogen) atoms. The van der Waals surface area contributed by atoms with Gasteiger partial charge in [-0.25, -0.2) is 4.79 Å². The van der Waals surface area contributed by atoms with Crippen LogP contribution in [0.25, 0.3) is 11.0 Å². The van der Waals surface area contributed by atoms with Gasteiger partial charge in [0, 0.05) is 48.5 Å². The molecule has 1 aliphatic heterocycles. The molecule has 2 N–H and O–H groups in total. The Balaban J connectivity index is 1.50. The molecule has 1 aliphatic rings. The highest BCUT2D eigenvalue weighted by Gasteiger charge is 2.23. The highest BCUT2D eigenvalue weighted by Crippen LogP contribution is 2.40. The van der Waals surface area contributed by atoms with Crippen molar-refractivity contribution in [1.82, 2.24) is 4.90 Å². The standard InChI is InChI=1S/C25H29N3O6/c1-4-32-20-11-10-19-16(3)21(34-22(19)23(20)33-5-2)24(29)26-17-6-8-18(9-7-17)27-12-14-28(15-13-27)25(30)31/h6-11H,4-5,12-15H2,1-3H3,(H,26,29)(H,30,31). The molecule has 0 bridgehead atoms. The minimum atomic E-state index is -0.888. The first-order valence-corrected chi connectivity index (χ1v) is 11.4. The number of anilines is 2. The fourth-order valence-corrected chi connectivity index (χ4v) is 4.11. The summed E-state index contributed by atoms with van der Waals surface area (Å²) in [6.07, 6.45) is -0.888. The van der Waals surface area contributed by atoms with Gasteiger partial charge in [-0.15, -0.1) is 0 Å². The Kier molecular flexibility index (Phi) is 6.81. The van der Waals surface area contributed by atoms with Crippen LogP contribution in [0.5, 0.6) is 11.5 Å². The van der Waals surface area contributed by atoms with Gasteiger partial charge in [0.1, 0.15) is 0 Å². The van der Waals surface area contributed by atoms with E-state index in [0.29, 0.717) is 62.2 Å². The first-order chi connectivity index (χ1) is 16.4. The van der Waals surface area contributed by atoms with Crippen LogP contribution in [0.4, 0.5) is 16.2 Å². The maximum atomic E-state index is 13.0. The SMILES string of the molecule is CCOc1ccc2c(C)c(C(=O)Nc3ccc(N4CCN(C(=O)O)CC4)cc3)oc2c1OCC. The Morgan fingerprint density at radius 3 is 2.29 bits per heavy atom. The molecule has 0 spiro atoms. The molecule has 9 heteroatoms. The second kappa shape index (κ2) is 9.94. The number of piperazine rings is 1. The topological polar surface area (TPSA) is 104 Å². The Bertz CT molecular complexity index is 1180. The fraction of sp³-hybridized carbons (Fsp3) is 0.360. The third-order valence-corrected chi connectivity index (χ3v) is 5.86. The summed E-state index contributed by atoms with van der Waals surface area (Å²) < 4.78 is 17.4. The minimum absolute atomic E-state index is 0.221. The second-order valence-electron chi connectivity index (χ2n) is 7.95. The first kappa shape index (κ1) is 23.3. The summed E-state index contributed by atoms with van der Waals surface area (Å²) in [5.74, 6) is 0.948. The lowest BCUT2D eigenvalue weighted by Crippen LogP contribution is -2.48. The molecule has 9 nitrogen and oxygen atoms in total. The van der Waals surface area contributed by atoms with Crippen LogP contribution in [0.15, 0.2) is 40.8 Å². The van der Waals surface area contributed by atoms with Crippen LogP contribution in [-0.4, -0.2) is 61.4 Å². The third-order valence-electron chi connectivity index (χ3n) is 5.86. The smallest absolute Gasteiger partial charge is 0.407 e. The van der Waals surface area contributed by atoms with Gasteiger partial charge in [0.15, 0.2) is 17.1 Å². The number of furan rings is 1. The molecule has 180 valence electrons. The number of carboxylic acid groups (broad SMARTS) is 1. The van der Waals surface area contributed by atoms with Crippen molar-refractivity contribution in [3.8, 4) is 11.5 Å². The van der Waals surface area contributed by atoms with Gasteiger partial charge in [-0.1, -0.05) is 0 Å². The van der Waals surface area contributed by atoms with E-state index in [1.165, 1.54) is 4.90 Å². The number of carbonyl (C=O) groups is 2. The lowest BCUT2D eigenvalue weighted by molar-refractivity contribution is 0.0997. The highest BCUT2D eigenvalue weighted by atomic mass is 16.5. The van der Waals surface area contributed by atoms with E-state index in [1.54, 1.807) is 0 Å². The van der Waals surface area contributed by atoms with Crippen molar-refractivity contribution in [2.24, 2.45) is 0 Å². The molecule has 0 atom stereocenters. The summed E-state index contributed by atoms with van der Waals surface area (Å²) in [4.78, 5) is 27.6. The Labute approximate surface area is 197 Å². The third kappa shape index (κ3) is 4.59. The highest BCUT2D eigenvalue weighted by molar-refractivity contribution is 6.07. The molecule has 1 aromatic heterocycles. The number of aryl methyl sites for hydroxylation is 1. The van der Waals surface area contributed by atoms with Gasteiger partial charge in [0.25, 0.3) is 5.91 Å². The van der Waals surface area contributed by atoms with E-state index in [2.05, 4.69) is 10.2 Å². The van der Waals surface area contributed by atoms with Gasteiger partial charge in [0.2, 0.25) is 5.75 Å². The number of fused-ring (bicyclic) bond motifs is 1. The number of carbonyl (C=O) groups excluding carboxylic acids is 1. The lowest BCUT2D eigenvalue weighted by atomic mass is 10.1. The van der Waals surface area contributed by atoms with E-state index < -0.39 is 6.09 Å². The summed E-state index contributed by atoms with van der Waals surface area (Å²) >= 11 is 0. The van der Waals surface area contributed by atoms with Crippen LogP contribution in [0.3, 0.4) is 0 Å². The fourth-order valence-electron chi connectivity index (χ4n) is 4.11. The first-order valence-electron chi connectivity index (χ1n) is 11.4. The normalized spacial score (nSPS) is 13.7. The number of amides is 2. The van der Waals surface area contributed by atoms with E-state index >= 15 is 0 Å². The van der Waals surface area contributed by atoms with Crippen molar-refractivity contribution < 1.29 is 28.6 Å². The van der Waals surface area contributed by atoms with Crippen LogP contribution < -0.4 is 19.7 Å². The molecule has 0 saturated carbocycles. The lowest BCUT2D eigenvalue weighted by Gasteiger charge is -2.34. The van der Waals surface area contributed by atoms with Crippen LogP contribution >= 0.6 is 0 Å². The van der Waals surface area contributed by atoms with Crippen LogP contribution in [0.2, 0.25) is 0 Å². The van der Waals surface area contributed by atoms with Gasteiger partial charge in [-0.3, -0.25) is 4.79 Å². The molecule has 0 aliphatic carbocycles. The zero-order chi connectivity index (χ0) is 24.2. The average molecular weight is 468 g/mol. The molecule has 3 aromatic rings. The van der Waals surface area contributed by atoms with Crippen LogP contribution in [-0.2, 0) is 0 Å². The van der Waals surface area contributed by atoms with Gasteiger partial charge in [-0.2, -0.15) is 0 Å². The molecular formula is C25H29N3O6. The molecule has 2 heterocycles. The van der Waals surface area contributed by atoms with E-state index in [9.17, 15) is 9.59 Å². The predicted octanol–water partition coefficient (Wildman–Crippen LogP) is 4.59. The van der Waals surface area contributed by atoms with E-state index in [0.717, 1.165) is 16.6 Å². The Morgan fingerprint density at radius 2 is 1.68 bits per heavy atom. The second-order valence-corrected chi connectivity index (χ2v) is 7.95. The minimum Gasteiger partial charge on any atom is -0.490 e. The van der Waals surface area contributed by atoms with Crippen molar-refractivity contribution >= 4 is 34.3 Å². The molecule has 1 fully saturated rings. The quantitative estimate of drug-likeness (QED) is 0.524. The summed E-state index contributed by atoms with van der Waals surface area (Å²) in [6, 6.07) is 11.2. The largest absolute Gasteiger partial charge is 0.490 e. The average Bonchev–Trinajstić information content (AvgIpc) is 3.18. The summed E-state index contributed by atoms with van der Waals surface area (Å²) in [5.41, 5.74) is 2.83. The number of rotatable bonds is 7. The maximum absolute atomic E-state index is 13.0. The molecule has 2 aromatic carbocycles. The van der Waals surface area contributed by atoms with Crippen LogP contribution in [0, 0.1) is 6.92 Å². The van der Waals surface area contributed by atoms with Crippen molar-refractivity contribution in [3.05, 3.63) is 47.7 Å². The van der Waals surface area contributed by atoms with Crippen molar-refractivity contribution in [2.75, 3.05) is 49.6 Å². The molecule has 2 amide bonds. The molecular weight excluding hydrogens is 438 g/mol. The summed E-state index contributed by atoms with van der Waals surface area (Å²) in [6.45, 7) is 8.74. The number of nitrogens with one attached hydrogen (secondary N) is 1. The van der Waals surface area contributed by atoms with Gasteiger partial charge >= 0.3 is 6.09 Å². The zero-order valence-corrected chi connectivity index (χ0v) is 19.6. The van der Waals surface area contributed by atoms with E-state index in [4.69, 9.17) is 19.0 Å². The summed E-state index contributed by atoms with van der Waals surface area (Å²) in [5, 5.41) is 12.8. The molecule has 0 unspecified atom stereocenters. The van der Waals surface area contributed by atoms with Crippen molar-refractivity contribution in [3.63, 3.8) is 0 Å². The molecule has 0 radical (unpaired) electrons. The van der Waals surface area contributed by atoms with E-state index in [-0.39, 0.29) is 11.7 Å². The number of hydrogen-bond donors (Lipinski definition) is 2. The van der Waals surface area contributed by atoms with Crippen molar-refractivity contribution in [1.29, 1.82) is 0 Å². The Morgan fingerprint density at radius 1 is 1.00 bits per heavy atom. The number of ether oxygens (including phenoxy) is 2. The maximum Gasteiger partial charge on any atom is 0.407 e. The van der Waals surface area contributed by atoms with Gasteiger partial charge < -0.3 is 34.1 Å². The number of hydrogen-bond acceptors (Lipinski definition) is 6. The van der Waals surface area contributed by atoms with Crippen LogP contribution in [0.1, 0.15) is 30.0 Å². The molecule has 1 saturated heterocycles. The Hall–Kier alpha value is -3.88. The van der Waals surface area contributed by atoms with E-state index in [1.807, 2.05) is 57.2 Å².